The first-order valence-electron chi connectivity index (χ1n) is 5.82. The minimum absolute atomic E-state index is 0.195. The van der Waals surface area contributed by atoms with Gasteiger partial charge in [-0.25, -0.2) is 0 Å². The first-order valence-corrected chi connectivity index (χ1v) is 5.82. The van der Waals surface area contributed by atoms with Crippen molar-refractivity contribution in [2.24, 2.45) is 0 Å². The number of methoxy groups -OCH3 is 1. The number of nitrogens with zero attached hydrogens (tertiary/aromatic N) is 1. The van der Waals surface area contributed by atoms with E-state index in [4.69, 9.17) is 4.74 Å². The Morgan fingerprint density at radius 2 is 1.94 bits per heavy atom. The highest BCUT2D eigenvalue weighted by Gasteiger charge is 2.29. The lowest BCUT2D eigenvalue weighted by Crippen LogP contribution is -2.51. The molecule has 1 atom stereocenters. The predicted octanol–water partition coefficient (Wildman–Crippen LogP) is 0.937. The van der Waals surface area contributed by atoms with Gasteiger partial charge in [0, 0.05) is 19.2 Å². The first kappa shape index (κ1) is 12.4. The molecule has 0 spiro atoms. The van der Waals surface area contributed by atoms with Gasteiger partial charge in [-0.1, -0.05) is 0 Å². The maximum absolute atomic E-state index is 11.7. The zero-order chi connectivity index (χ0) is 13.1. The van der Waals surface area contributed by atoms with E-state index in [2.05, 4.69) is 5.32 Å². The van der Waals surface area contributed by atoms with Crippen LogP contribution < -0.4 is 15.0 Å². The van der Waals surface area contributed by atoms with Gasteiger partial charge in [-0.15, -0.1) is 0 Å². The molecule has 1 aliphatic heterocycles. The minimum atomic E-state index is -0.295. The zero-order valence-electron chi connectivity index (χ0n) is 10.5. The van der Waals surface area contributed by atoms with Crippen LogP contribution in [0.1, 0.15) is 12.8 Å². The van der Waals surface area contributed by atoms with Gasteiger partial charge in [0.2, 0.25) is 11.8 Å². The molecule has 1 aromatic rings. The number of hydrogen-bond donors (Lipinski definition) is 1. The van der Waals surface area contributed by atoms with E-state index < -0.39 is 0 Å². The Bertz CT molecular complexity index is 456. The molecule has 96 valence electrons. The standard InChI is InChI=1S/C13H16N2O3/c1-15(9-3-5-10(18-2)6-4-9)11-7-8-12(16)14-13(11)17/h3-6,11H,7-8H2,1-2H3,(H,14,16,17). The largest absolute Gasteiger partial charge is 0.497 e. The molecule has 0 aliphatic carbocycles. The van der Waals surface area contributed by atoms with Crippen molar-refractivity contribution < 1.29 is 14.3 Å². The molecule has 0 aromatic heterocycles. The number of piperidine rings is 1. The monoisotopic (exact) mass is 248 g/mol. The van der Waals surface area contributed by atoms with E-state index in [-0.39, 0.29) is 17.9 Å². The van der Waals surface area contributed by atoms with E-state index in [1.165, 1.54) is 0 Å². The molecule has 1 saturated heterocycles. The fourth-order valence-electron chi connectivity index (χ4n) is 2.05. The van der Waals surface area contributed by atoms with Gasteiger partial charge in [0.25, 0.3) is 0 Å². The Labute approximate surface area is 106 Å². The summed E-state index contributed by atoms with van der Waals surface area (Å²) < 4.78 is 5.09. The number of anilines is 1. The lowest BCUT2D eigenvalue weighted by molar-refractivity contribution is -0.134. The Morgan fingerprint density at radius 3 is 2.50 bits per heavy atom. The topological polar surface area (TPSA) is 58.6 Å². The zero-order valence-corrected chi connectivity index (χ0v) is 10.5. The minimum Gasteiger partial charge on any atom is -0.497 e. The quantitative estimate of drug-likeness (QED) is 0.809. The molecule has 5 heteroatoms. The van der Waals surface area contributed by atoms with E-state index in [9.17, 15) is 9.59 Å². The number of rotatable bonds is 3. The molecule has 1 heterocycles. The van der Waals surface area contributed by atoms with Gasteiger partial charge in [-0.05, 0) is 30.7 Å². The van der Waals surface area contributed by atoms with Crippen molar-refractivity contribution >= 4 is 17.5 Å². The van der Waals surface area contributed by atoms with Crippen LogP contribution in [0.15, 0.2) is 24.3 Å². The summed E-state index contributed by atoms with van der Waals surface area (Å²) in [5, 5.41) is 2.36. The molecule has 2 rings (SSSR count). The second-order valence-corrected chi connectivity index (χ2v) is 4.28. The van der Waals surface area contributed by atoms with Crippen LogP contribution in [0.3, 0.4) is 0 Å². The fourth-order valence-corrected chi connectivity index (χ4v) is 2.05. The third-order valence-electron chi connectivity index (χ3n) is 3.16. The molecule has 2 amide bonds. The summed E-state index contributed by atoms with van der Waals surface area (Å²) in [4.78, 5) is 24.7. The molecule has 1 fully saturated rings. The predicted molar refractivity (Wildman–Crippen MR) is 67.6 cm³/mol. The van der Waals surface area contributed by atoms with Crippen LogP contribution in [-0.2, 0) is 9.59 Å². The van der Waals surface area contributed by atoms with Crippen LogP contribution in [0.2, 0.25) is 0 Å². The van der Waals surface area contributed by atoms with E-state index in [0.717, 1.165) is 11.4 Å². The van der Waals surface area contributed by atoms with E-state index in [1.807, 2.05) is 36.2 Å². The van der Waals surface area contributed by atoms with Gasteiger partial charge in [0.1, 0.15) is 11.8 Å². The Kier molecular flexibility index (Phi) is 3.50. The van der Waals surface area contributed by atoms with Gasteiger partial charge in [0.15, 0.2) is 0 Å². The number of carbonyl (C=O) groups excluding carboxylic acids is 2. The van der Waals surface area contributed by atoms with Crippen molar-refractivity contribution in [3.8, 4) is 5.75 Å². The highest BCUT2D eigenvalue weighted by molar-refractivity contribution is 6.01. The Balaban J connectivity index is 2.12. The van der Waals surface area contributed by atoms with Crippen LogP contribution in [-0.4, -0.2) is 32.0 Å². The summed E-state index contributed by atoms with van der Waals surface area (Å²) in [6, 6.07) is 7.18. The lowest BCUT2D eigenvalue weighted by atomic mass is 10.0. The molecule has 1 aliphatic rings. The normalized spacial score (nSPS) is 19.3. The van der Waals surface area contributed by atoms with Gasteiger partial charge < -0.3 is 9.64 Å². The SMILES string of the molecule is COc1ccc(N(C)C2CCC(=O)NC2=O)cc1. The number of carbonyl (C=O) groups is 2. The molecular weight excluding hydrogens is 232 g/mol. The first-order chi connectivity index (χ1) is 8.61. The van der Waals surface area contributed by atoms with E-state index >= 15 is 0 Å². The Morgan fingerprint density at radius 1 is 1.28 bits per heavy atom. The molecular formula is C13H16N2O3. The molecule has 5 nitrogen and oxygen atoms in total. The maximum Gasteiger partial charge on any atom is 0.249 e. The third-order valence-corrected chi connectivity index (χ3v) is 3.16. The molecule has 1 N–H and O–H groups in total. The summed E-state index contributed by atoms with van der Waals surface area (Å²) >= 11 is 0. The van der Waals surface area contributed by atoms with Crippen LogP contribution in [0.4, 0.5) is 5.69 Å². The average molecular weight is 248 g/mol. The highest BCUT2D eigenvalue weighted by atomic mass is 16.5. The number of benzene rings is 1. The number of ether oxygens (including phenoxy) is 1. The van der Waals surface area contributed by atoms with Gasteiger partial charge in [-0.2, -0.15) is 0 Å². The average Bonchev–Trinajstić information content (AvgIpc) is 2.38. The number of hydrogen-bond acceptors (Lipinski definition) is 4. The number of nitrogens with one attached hydrogen (secondary N) is 1. The Hall–Kier alpha value is -2.04. The van der Waals surface area contributed by atoms with Crippen LogP contribution >= 0.6 is 0 Å². The van der Waals surface area contributed by atoms with Crippen LogP contribution in [0.5, 0.6) is 5.75 Å². The molecule has 0 saturated carbocycles. The van der Waals surface area contributed by atoms with E-state index in [1.54, 1.807) is 7.11 Å². The fraction of sp³-hybridized carbons (Fsp3) is 0.385. The van der Waals surface area contributed by atoms with Crippen molar-refractivity contribution in [2.45, 2.75) is 18.9 Å². The number of likely N-dealkylation sites (N-methyl/N-ethyl adjacent to an activating group) is 1. The summed E-state index contributed by atoms with van der Waals surface area (Å²) in [7, 11) is 3.46. The highest BCUT2D eigenvalue weighted by Crippen LogP contribution is 2.22. The van der Waals surface area contributed by atoms with Crippen molar-refractivity contribution in [3.05, 3.63) is 24.3 Å². The van der Waals surface area contributed by atoms with Gasteiger partial charge in [-0.3, -0.25) is 14.9 Å². The van der Waals surface area contributed by atoms with Gasteiger partial charge in [0.05, 0.1) is 7.11 Å². The smallest absolute Gasteiger partial charge is 0.249 e. The maximum atomic E-state index is 11.7. The van der Waals surface area contributed by atoms with Crippen molar-refractivity contribution in [2.75, 3.05) is 19.1 Å². The molecule has 0 bridgehead atoms. The second-order valence-electron chi connectivity index (χ2n) is 4.28. The molecule has 1 aromatic carbocycles. The van der Waals surface area contributed by atoms with Crippen LogP contribution in [0, 0.1) is 0 Å². The van der Waals surface area contributed by atoms with Crippen LogP contribution in [0.25, 0.3) is 0 Å². The lowest BCUT2D eigenvalue weighted by Gasteiger charge is -2.31. The van der Waals surface area contributed by atoms with Crippen molar-refractivity contribution in [1.29, 1.82) is 0 Å². The molecule has 18 heavy (non-hydrogen) atoms. The number of imide groups is 1. The molecule has 1 unspecified atom stereocenters. The van der Waals surface area contributed by atoms with Crippen molar-refractivity contribution in [1.82, 2.24) is 5.32 Å². The summed E-state index contributed by atoms with van der Waals surface area (Å²) in [5.41, 5.74) is 0.922. The summed E-state index contributed by atoms with van der Waals surface area (Å²) in [6.45, 7) is 0. The summed E-state index contributed by atoms with van der Waals surface area (Å²) in [5.74, 6) is 0.347. The summed E-state index contributed by atoms with van der Waals surface area (Å²) in [6.07, 6.45) is 0.935. The van der Waals surface area contributed by atoms with E-state index in [0.29, 0.717) is 12.8 Å². The van der Waals surface area contributed by atoms with Gasteiger partial charge >= 0.3 is 0 Å². The second kappa shape index (κ2) is 5.08. The third kappa shape index (κ3) is 2.45. The molecule has 0 radical (unpaired) electrons. The van der Waals surface area contributed by atoms with Crippen molar-refractivity contribution in [3.63, 3.8) is 0 Å². The number of amides is 2.